The zero-order chi connectivity index (χ0) is 16.1. The number of benzene rings is 2. The number of amides is 1. The maximum Gasteiger partial charge on any atom is 0.232 e. The molecule has 3 aromatic rings. The molecule has 0 saturated heterocycles. The van der Waals surface area contributed by atoms with Gasteiger partial charge in [0, 0.05) is 6.92 Å². The van der Waals surface area contributed by atoms with Gasteiger partial charge < -0.3 is 9.84 Å². The highest BCUT2D eigenvalue weighted by atomic mass is 16.5. The second-order valence-corrected chi connectivity index (χ2v) is 5.20. The highest BCUT2D eigenvalue weighted by Gasteiger charge is 2.22. The summed E-state index contributed by atoms with van der Waals surface area (Å²) in [5.74, 6) is 0.489. The van der Waals surface area contributed by atoms with Crippen molar-refractivity contribution in [3.8, 4) is 0 Å². The highest BCUT2D eigenvalue weighted by Crippen LogP contribution is 2.24. The second-order valence-electron chi connectivity index (χ2n) is 5.20. The normalized spacial score (nSPS) is 10.7. The summed E-state index contributed by atoms with van der Waals surface area (Å²) in [6.45, 7) is 1.96. The van der Waals surface area contributed by atoms with E-state index in [2.05, 4.69) is 15.5 Å². The van der Waals surface area contributed by atoms with Crippen molar-refractivity contribution in [1.29, 1.82) is 0 Å². The van der Waals surface area contributed by atoms with Crippen LogP contribution in [-0.2, 0) is 11.3 Å². The van der Waals surface area contributed by atoms with Crippen LogP contribution in [0.25, 0.3) is 0 Å². The fourth-order valence-corrected chi connectivity index (χ4v) is 2.47. The van der Waals surface area contributed by atoms with Crippen LogP contribution in [0.3, 0.4) is 0 Å². The average Bonchev–Trinajstić information content (AvgIpc) is 3.01. The lowest BCUT2D eigenvalue weighted by Crippen LogP contribution is -2.30. The molecule has 0 atom stereocenters. The summed E-state index contributed by atoms with van der Waals surface area (Å²) < 4.78 is 4.91. The van der Waals surface area contributed by atoms with Gasteiger partial charge in [-0.2, -0.15) is 4.98 Å². The number of hydrogen-bond acceptors (Lipinski definition) is 4. The molecular formula is C18H17N3O2. The molecule has 0 aliphatic carbocycles. The number of aryl methyl sites for hydroxylation is 1. The first kappa shape index (κ1) is 15.0. The number of carbonyl (C=O) groups is 1. The van der Waals surface area contributed by atoms with E-state index >= 15 is 0 Å². The van der Waals surface area contributed by atoms with E-state index in [0.717, 1.165) is 11.1 Å². The van der Waals surface area contributed by atoms with Crippen LogP contribution in [-0.4, -0.2) is 16.0 Å². The molecule has 2 aromatic carbocycles. The third kappa shape index (κ3) is 3.63. The molecular weight excluding hydrogens is 290 g/mol. The number of nitrogens with one attached hydrogen (secondary N) is 1. The fraction of sp³-hybridized carbons (Fsp3) is 0.167. The molecule has 1 amide bonds. The van der Waals surface area contributed by atoms with E-state index in [9.17, 15) is 4.79 Å². The average molecular weight is 307 g/mol. The van der Waals surface area contributed by atoms with Gasteiger partial charge in [0.15, 0.2) is 5.82 Å². The Morgan fingerprint density at radius 1 is 1.04 bits per heavy atom. The van der Waals surface area contributed by atoms with E-state index in [1.165, 1.54) is 0 Å². The lowest BCUT2D eigenvalue weighted by Gasteiger charge is -2.17. The van der Waals surface area contributed by atoms with Gasteiger partial charge in [-0.15, -0.1) is 0 Å². The van der Waals surface area contributed by atoms with Crippen LogP contribution in [0.1, 0.15) is 28.8 Å². The molecule has 0 bridgehead atoms. The summed E-state index contributed by atoms with van der Waals surface area (Å²) in [5.41, 5.74) is 1.89. The number of rotatable bonds is 5. The first-order valence-electron chi connectivity index (χ1n) is 7.41. The van der Waals surface area contributed by atoms with Crippen molar-refractivity contribution in [3.63, 3.8) is 0 Å². The third-order valence-electron chi connectivity index (χ3n) is 3.52. The molecule has 0 aliphatic heterocycles. The molecule has 0 radical (unpaired) electrons. The monoisotopic (exact) mass is 307 g/mol. The zero-order valence-electron chi connectivity index (χ0n) is 12.8. The molecule has 0 saturated carbocycles. The third-order valence-corrected chi connectivity index (χ3v) is 3.52. The topological polar surface area (TPSA) is 68.0 Å². The summed E-state index contributed by atoms with van der Waals surface area (Å²) in [4.78, 5) is 16.8. The lowest BCUT2D eigenvalue weighted by atomic mass is 9.90. The van der Waals surface area contributed by atoms with E-state index in [-0.39, 0.29) is 18.4 Å². The second kappa shape index (κ2) is 6.87. The van der Waals surface area contributed by atoms with Crippen molar-refractivity contribution in [2.45, 2.75) is 19.4 Å². The summed E-state index contributed by atoms with van der Waals surface area (Å²) >= 11 is 0. The molecule has 5 nitrogen and oxygen atoms in total. The molecule has 3 rings (SSSR count). The Bertz CT molecular complexity index is 730. The van der Waals surface area contributed by atoms with Crippen LogP contribution >= 0.6 is 0 Å². The Morgan fingerprint density at radius 3 is 2.09 bits per heavy atom. The van der Waals surface area contributed by atoms with E-state index < -0.39 is 0 Å². The fourth-order valence-electron chi connectivity index (χ4n) is 2.47. The largest absolute Gasteiger partial charge is 0.348 e. The zero-order valence-corrected chi connectivity index (χ0v) is 12.8. The number of hydrogen-bond donors (Lipinski definition) is 1. The maximum absolute atomic E-state index is 12.7. The molecule has 0 fully saturated rings. The van der Waals surface area contributed by atoms with Crippen LogP contribution < -0.4 is 5.32 Å². The Balaban J connectivity index is 1.82. The Morgan fingerprint density at radius 2 is 1.61 bits per heavy atom. The smallest absolute Gasteiger partial charge is 0.232 e. The predicted octanol–water partition coefficient (Wildman–Crippen LogP) is 2.83. The van der Waals surface area contributed by atoms with Gasteiger partial charge >= 0.3 is 0 Å². The van der Waals surface area contributed by atoms with E-state index in [1.807, 2.05) is 60.7 Å². The SMILES string of the molecule is Cc1nc(CNC(=O)C(c2ccccc2)c2ccccc2)no1. The van der Waals surface area contributed by atoms with Crippen molar-refractivity contribution in [1.82, 2.24) is 15.5 Å². The van der Waals surface area contributed by atoms with Gasteiger partial charge in [-0.25, -0.2) is 0 Å². The summed E-state index contributed by atoms with van der Waals surface area (Å²) in [5, 5.41) is 6.68. The minimum Gasteiger partial charge on any atom is -0.348 e. The Labute approximate surface area is 134 Å². The van der Waals surface area contributed by atoms with Gasteiger partial charge in [0.05, 0.1) is 12.5 Å². The molecule has 0 aliphatic rings. The van der Waals surface area contributed by atoms with Gasteiger partial charge in [-0.1, -0.05) is 65.8 Å². The van der Waals surface area contributed by atoms with Crippen LogP contribution in [0, 0.1) is 6.92 Å². The first-order chi connectivity index (χ1) is 11.2. The number of nitrogens with zero attached hydrogens (tertiary/aromatic N) is 2. The predicted molar refractivity (Wildman–Crippen MR) is 85.6 cm³/mol. The van der Waals surface area contributed by atoms with Gasteiger partial charge in [0.25, 0.3) is 0 Å². The van der Waals surface area contributed by atoms with Crippen molar-refractivity contribution in [3.05, 3.63) is 83.5 Å². The van der Waals surface area contributed by atoms with Gasteiger partial charge in [-0.05, 0) is 11.1 Å². The van der Waals surface area contributed by atoms with Gasteiger partial charge in [0.2, 0.25) is 11.8 Å². The highest BCUT2D eigenvalue weighted by molar-refractivity contribution is 5.87. The summed E-state index contributed by atoms with van der Waals surface area (Å²) in [6.07, 6.45) is 0. The molecule has 1 aromatic heterocycles. The van der Waals surface area contributed by atoms with Crippen LogP contribution in [0.5, 0.6) is 0 Å². The number of aromatic nitrogens is 2. The van der Waals surface area contributed by atoms with Crippen molar-refractivity contribution in [2.24, 2.45) is 0 Å². The summed E-state index contributed by atoms with van der Waals surface area (Å²) in [7, 11) is 0. The maximum atomic E-state index is 12.7. The molecule has 116 valence electrons. The van der Waals surface area contributed by atoms with Gasteiger partial charge in [0.1, 0.15) is 0 Å². The van der Waals surface area contributed by atoms with Crippen molar-refractivity contribution >= 4 is 5.91 Å². The first-order valence-corrected chi connectivity index (χ1v) is 7.41. The van der Waals surface area contributed by atoms with Gasteiger partial charge in [-0.3, -0.25) is 4.79 Å². The Kier molecular flexibility index (Phi) is 4.47. The van der Waals surface area contributed by atoms with E-state index in [1.54, 1.807) is 6.92 Å². The molecule has 1 N–H and O–H groups in total. The number of carbonyl (C=O) groups excluding carboxylic acids is 1. The van der Waals surface area contributed by atoms with E-state index in [4.69, 9.17) is 4.52 Å². The molecule has 23 heavy (non-hydrogen) atoms. The molecule has 1 heterocycles. The molecule has 0 unspecified atom stereocenters. The minimum atomic E-state index is -0.370. The summed E-state index contributed by atoms with van der Waals surface area (Å²) in [6, 6.07) is 19.4. The Hall–Kier alpha value is -2.95. The molecule has 0 spiro atoms. The quantitative estimate of drug-likeness (QED) is 0.787. The van der Waals surface area contributed by atoms with Crippen molar-refractivity contribution < 1.29 is 9.32 Å². The molecule has 5 heteroatoms. The van der Waals surface area contributed by atoms with Crippen LogP contribution in [0.15, 0.2) is 65.2 Å². The van der Waals surface area contributed by atoms with Crippen LogP contribution in [0.4, 0.5) is 0 Å². The minimum absolute atomic E-state index is 0.0927. The lowest BCUT2D eigenvalue weighted by molar-refractivity contribution is -0.121. The van der Waals surface area contributed by atoms with Crippen LogP contribution in [0.2, 0.25) is 0 Å². The van der Waals surface area contributed by atoms with Crippen molar-refractivity contribution in [2.75, 3.05) is 0 Å². The van der Waals surface area contributed by atoms with E-state index in [0.29, 0.717) is 11.7 Å². The standard InChI is InChI=1S/C18H17N3O2/c1-13-20-16(21-23-13)12-19-18(22)17(14-8-4-2-5-9-14)15-10-6-3-7-11-15/h2-11,17H,12H2,1H3,(H,19,22).